The number of ether oxygens (including phenoxy) is 1. The Bertz CT molecular complexity index is 402. The first-order valence-corrected chi connectivity index (χ1v) is 8.48. The van der Waals surface area contributed by atoms with Gasteiger partial charge in [-0.1, -0.05) is 0 Å². The van der Waals surface area contributed by atoms with Crippen LogP contribution in [0.25, 0.3) is 0 Å². The fourth-order valence-corrected chi connectivity index (χ4v) is 4.49. The van der Waals surface area contributed by atoms with Gasteiger partial charge in [0.2, 0.25) is 0 Å². The molecule has 1 unspecified atom stereocenters. The molecule has 2 aliphatic rings. The molecule has 1 N–H and O–H groups in total. The third-order valence-electron chi connectivity index (χ3n) is 4.19. The van der Waals surface area contributed by atoms with Crippen molar-refractivity contribution in [1.29, 1.82) is 0 Å². The van der Waals surface area contributed by atoms with Gasteiger partial charge >= 0.3 is 0 Å². The van der Waals surface area contributed by atoms with Crippen molar-refractivity contribution in [2.75, 3.05) is 13.2 Å². The molecule has 0 bridgehead atoms. The molecule has 2 heterocycles. The van der Waals surface area contributed by atoms with Gasteiger partial charge < -0.3 is 10.1 Å². The minimum absolute atomic E-state index is 0.266. The van der Waals surface area contributed by atoms with Crippen molar-refractivity contribution in [2.45, 2.75) is 50.2 Å². The second kappa shape index (κ2) is 5.61. The van der Waals surface area contributed by atoms with Gasteiger partial charge in [-0.15, -0.1) is 11.3 Å². The van der Waals surface area contributed by atoms with Crippen LogP contribution < -0.4 is 5.32 Å². The average Bonchev–Trinajstić information content (AvgIpc) is 2.74. The SMILES string of the molecule is Brc1ccc(CCNC2CCOC3(CCC3)C2)s1. The highest BCUT2D eigenvalue weighted by atomic mass is 79.9. The van der Waals surface area contributed by atoms with Gasteiger partial charge in [-0.05, 0) is 66.6 Å². The summed E-state index contributed by atoms with van der Waals surface area (Å²) in [6.07, 6.45) is 7.46. The van der Waals surface area contributed by atoms with E-state index >= 15 is 0 Å². The Hall–Kier alpha value is 0.1000. The molecule has 100 valence electrons. The predicted octanol–water partition coefficient (Wildman–Crippen LogP) is 3.74. The Morgan fingerprint density at radius 2 is 2.33 bits per heavy atom. The first-order chi connectivity index (χ1) is 8.76. The van der Waals surface area contributed by atoms with E-state index < -0.39 is 0 Å². The van der Waals surface area contributed by atoms with Crippen LogP contribution in [-0.4, -0.2) is 24.8 Å². The van der Waals surface area contributed by atoms with Gasteiger partial charge in [-0.2, -0.15) is 0 Å². The third kappa shape index (κ3) is 2.98. The van der Waals surface area contributed by atoms with Crippen LogP contribution in [0.4, 0.5) is 0 Å². The molecule has 1 aliphatic carbocycles. The Morgan fingerprint density at radius 3 is 3.00 bits per heavy atom. The van der Waals surface area contributed by atoms with Gasteiger partial charge in [-0.3, -0.25) is 0 Å². The second-order valence-corrected chi connectivity index (χ2v) is 8.03. The van der Waals surface area contributed by atoms with E-state index in [0.717, 1.165) is 19.6 Å². The molecule has 1 atom stereocenters. The third-order valence-corrected chi connectivity index (χ3v) is 5.87. The lowest BCUT2D eigenvalue weighted by atomic mass is 9.74. The van der Waals surface area contributed by atoms with E-state index in [2.05, 4.69) is 33.4 Å². The molecule has 0 amide bonds. The van der Waals surface area contributed by atoms with Crippen LogP contribution in [0.5, 0.6) is 0 Å². The number of hydrogen-bond donors (Lipinski definition) is 1. The van der Waals surface area contributed by atoms with Crippen LogP contribution in [0.2, 0.25) is 0 Å². The number of halogens is 1. The highest BCUT2D eigenvalue weighted by Gasteiger charge is 2.42. The van der Waals surface area contributed by atoms with Crippen LogP contribution in [-0.2, 0) is 11.2 Å². The van der Waals surface area contributed by atoms with E-state index in [1.54, 1.807) is 0 Å². The van der Waals surface area contributed by atoms with E-state index in [1.807, 2.05) is 11.3 Å². The van der Waals surface area contributed by atoms with Crippen molar-refractivity contribution >= 4 is 27.3 Å². The summed E-state index contributed by atoms with van der Waals surface area (Å²) in [5.41, 5.74) is 0.266. The van der Waals surface area contributed by atoms with E-state index in [-0.39, 0.29) is 5.60 Å². The Kier molecular flexibility index (Phi) is 4.09. The smallest absolute Gasteiger partial charge is 0.0701 e. The van der Waals surface area contributed by atoms with Crippen molar-refractivity contribution in [3.8, 4) is 0 Å². The van der Waals surface area contributed by atoms with Crippen LogP contribution >= 0.6 is 27.3 Å². The predicted molar refractivity (Wildman–Crippen MR) is 79.3 cm³/mol. The molecule has 0 aromatic carbocycles. The molecule has 2 fully saturated rings. The summed E-state index contributed by atoms with van der Waals surface area (Å²) in [7, 11) is 0. The van der Waals surface area contributed by atoms with Gasteiger partial charge in [-0.25, -0.2) is 0 Å². The topological polar surface area (TPSA) is 21.3 Å². The maximum Gasteiger partial charge on any atom is 0.0701 e. The summed E-state index contributed by atoms with van der Waals surface area (Å²) in [6.45, 7) is 2.04. The second-order valence-electron chi connectivity index (χ2n) is 5.48. The minimum atomic E-state index is 0.266. The highest BCUT2D eigenvalue weighted by molar-refractivity contribution is 9.11. The molecule has 1 aliphatic heterocycles. The molecule has 1 aromatic heterocycles. The standard InChI is InChI=1S/C14H20BrNOS/c15-13-3-2-12(18-13)4-8-16-11-5-9-17-14(10-11)6-1-7-14/h2-3,11,16H,1,4-10H2. The summed E-state index contributed by atoms with van der Waals surface area (Å²) in [6, 6.07) is 5.02. The Morgan fingerprint density at radius 1 is 1.44 bits per heavy atom. The molecule has 1 saturated heterocycles. The fraction of sp³-hybridized carbons (Fsp3) is 0.714. The molecule has 0 radical (unpaired) electrons. The molecular weight excluding hydrogens is 310 g/mol. The minimum Gasteiger partial charge on any atom is -0.375 e. The molecule has 1 saturated carbocycles. The summed E-state index contributed by atoms with van der Waals surface area (Å²) in [5.74, 6) is 0. The fourth-order valence-electron chi connectivity index (χ4n) is 3.01. The Balaban J connectivity index is 1.43. The summed E-state index contributed by atoms with van der Waals surface area (Å²) in [5, 5.41) is 3.71. The van der Waals surface area contributed by atoms with E-state index in [9.17, 15) is 0 Å². The molecule has 3 rings (SSSR count). The molecule has 1 spiro atoms. The van der Waals surface area contributed by atoms with E-state index in [1.165, 1.54) is 40.8 Å². The highest BCUT2D eigenvalue weighted by Crippen LogP contribution is 2.42. The van der Waals surface area contributed by atoms with Crippen molar-refractivity contribution < 1.29 is 4.74 Å². The monoisotopic (exact) mass is 329 g/mol. The van der Waals surface area contributed by atoms with E-state index in [0.29, 0.717) is 6.04 Å². The van der Waals surface area contributed by atoms with Crippen molar-refractivity contribution in [2.24, 2.45) is 0 Å². The van der Waals surface area contributed by atoms with Crippen molar-refractivity contribution in [3.05, 3.63) is 20.8 Å². The largest absolute Gasteiger partial charge is 0.375 e. The van der Waals surface area contributed by atoms with E-state index in [4.69, 9.17) is 4.74 Å². The molecular formula is C14H20BrNOS. The zero-order valence-corrected chi connectivity index (χ0v) is 13.0. The van der Waals surface area contributed by atoms with Gasteiger partial charge in [0.25, 0.3) is 0 Å². The maximum atomic E-state index is 5.96. The molecule has 1 aromatic rings. The molecule has 2 nitrogen and oxygen atoms in total. The van der Waals surface area contributed by atoms with Crippen LogP contribution in [0.3, 0.4) is 0 Å². The van der Waals surface area contributed by atoms with Gasteiger partial charge in [0.15, 0.2) is 0 Å². The number of hydrogen-bond acceptors (Lipinski definition) is 3. The van der Waals surface area contributed by atoms with Crippen LogP contribution in [0.15, 0.2) is 15.9 Å². The normalized spacial score (nSPS) is 26.2. The lowest BCUT2D eigenvalue weighted by Crippen LogP contribution is -2.51. The number of thiophene rings is 1. The quantitative estimate of drug-likeness (QED) is 0.908. The lowest BCUT2D eigenvalue weighted by Gasteiger charge is -2.47. The summed E-state index contributed by atoms with van der Waals surface area (Å²) < 4.78 is 7.19. The van der Waals surface area contributed by atoms with Gasteiger partial charge in [0, 0.05) is 24.1 Å². The molecule has 18 heavy (non-hydrogen) atoms. The first-order valence-electron chi connectivity index (χ1n) is 6.87. The maximum absolute atomic E-state index is 5.96. The van der Waals surface area contributed by atoms with Crippen molar-refractivity contribution in [3.63, 3.8) is 0 Å². The van der Waals surface area contributed by atoms with Crippen LogP contribution in [0, 0.1) is 0 Å². The summed E-state index contributed by atoms with van der Waals surface area (Å²) in [4.78, 5) is 1.46. The van der Waals surface area contributed by atoms with Crippen molar-refractivity contribution in [1.82, 2.24) is 5.32 Å². The van der Waals surface area contributed by atoms with Gasteiger partial charge in [0.1, 0.15) is 0 Å². The summed E-state index contributed by atoms with van der Waals surface area (Å²) >= 11 is 5.36. The zero-order chi connectivity index (χ0) is 12.4. The Labute approximate surface area is 121 Å². The first kappa shape index (κ1) is 13.1. The van der Waals surface area contributed by atoms with Crippen LogP contribution in [0.1, 0.15) is 37.0 Å². The number of rotatable bonds is 4. The lowest BCUT2D eigenvalue weighted by molar-refractivity contribution is -0.135. The average molecular weight is 330 g/mol. The van der Waals surface area contributed by atoms with Gasteiger partial charge in [0.05, 0.1) is 9.39 Å². The molecule has 4 heteroatoms. The zero-order valence-electron chi connectivity index (χ0n) is 10.6. The number of nitrogens with one attached hydrogen (secondary N) is 1.